The van der Waals surface area contributed by atoms with Crippen LogP contribution in [0.5, 0.6) is 5.75 Å². The van der Waals surface area contributed by atoms with E-state index in [1.165, 1.54) is 5.56 Å². The largest absolute Gasteiger partial charge is 0.493 e. The highest BCUT2D eigenvalue weighted by molar-refractivity contribution is 7.11. The van der Waals surface area contributed by atoms with Crippen LogP contribution in [0.3, 0.4) is 0 Å². The van der Waals surface area contributed by atoms with Gasteiger partial charge in [-0.25, -0.2) is 0 Å². The number of ether oxygens (including phenoxy) is 1. The van der Waals surface area contributed by atoms with Gasteiger partial charge >= 0.3 is 0 Å². The lowest BCUT2D eigenvalue weighted by molar-refractivity contribution is 0.262. The van der Waals surface area contributed by atoms with E-state index in [1.807, 2.05) is 12.1 Å². The van der Waals surface area contributed by atoms with E-state index in [2.05, 4.69) is 41.5 Å². The Hall–Kier alpha value is -1.46. The molecule has 1 aromatic carbocycles. The molecule has 2 aromatic rings. The van der Waals surface area contributed by atoms with Crippen molar-refractivity contribution in [1.29, 1.82) is 0 Å². The highest BCUT2D eigenvalue weighted by Crippen LogP contribution is 2.34. The molecule has 5 heteroatoms. The average Bonchev–Trinajstić information content (AvgIpc) is 3.02. The number of para-hydroxylation sites is 1. The third kappa shape index (κ3) is 3.09. The van der Waals surface area contributed by atoms with E-state index in [1.54, 1.807) is 11.3 Å². The number of nitrogens with zero attached hydrogens (tertiary/aromatic N) is 2. The predicted octanol–water partition coefficient (Wildman–Crippen LogP) is 3.32. The average molecular weight is 303 g/mol. The zero-order chi connectivity index (χ0) is 14.7. The van der Waals surface area contributed by atoms with Gasteiger partial charge in [-0.05, 0) is 31.0 Å². The van der Waals surface area contributed by atoms with E-state index in [0.717, 1.165) is 35.2 Å². The number of fused-ring (bicyclic) bond motifs is 1. The van der Waals surface area contributed by atoms with E-state index >= 15 is 0 Å². The maximum atomic E-state index is 5.86. The van der Waals surface area contributed by atoms with Crippen LogP contribution in [0.15, 0.2) is 24.3 Å². The van der Waals surface area contributed by atoms with Gasteiger partial charge in [-0.3, -0.25) is 0 Å². The minimum Gasteiger partial charge on any atom is -0.493 e. The van der Waals surface area contributed by atoms with Gasteiger partial charge in [0, 0.05) is 0 Å². The quantitative estimate of drug-likeness (QED) is 0.920. The summed E-state index contributed by atoms with van der Waals surface area (Å²) in [5.74, 6) is 1.34. The molecule has 0 saturated heterocycles. The molecule has 2 atom stereocenters. The Morgan fingerprint density at radius 2 is 2.19 bits per heavy atom. The lowest BCUT2D eigenvalue weighted by Crippen LogP contribution is -2.19. The molecular weight excluding hydrogens is 282 g/mol. The van der Waals surface area contributed by atoms with Crippen LogP contribution in [0.4, 0.5) is 0 Å². The monoisotopic (exact) mass is 303 g/mol. The highest BCUT2D eigenvalue weighted by Gasteiger charge is 2.25. The summed E-state index contributed by atoms with van der Waals surface area (Å²) in [6.45, 7) is 5.95. The third-order valence-corrected chi connectivity index (χ3v) is 5.04. The molecule has 2 heterocycles. The number of nitrogens with one attached hydrogen (secondary N) is 1. The SMILES string of the molecule is CCNC(CC)c1nnc(C2COc3ccccc3C2)s1. The molecule has 0 spiro atoms. The fourth-order valence-corrected chi connectivity index (χ4v) is 3.78. The summed E-state index contributed by atoms with van der Waals surface area (Å²) in [5.41, 5.74) is 1.27. The molecule has 0 radical (unpaired) electrons. The first kappa shape index (κ1) is 14.5. The Balaban J connectivity index is 1.75. The summed E-state index contributed by atoms with van der Waals surface area (Å²) < 4.78 is 5.86. The fourth-order valence-electron chi connectivity index (χ4n) is 2.69. The lowest BCUT2D eigenvalue weighted by atomic mass is 9.97. The van der Waals surface area contributed by atoms with E-state index < -0.39 is 0 Å². The van der Waals surface area contributed by atoms with Gasteiger partial charge in [0.2, 0.25) is 0 Å². The first-order valence-corrected chi connectivity index (χ1v) is 8.40. The smallest absolute Gasteiger partial charge is 0.134 e. The molecule has 21 heavy (non-hydrogen) atoms. The molecule has 112 valence electrons. The van der Waals surface area contributed by atoms with Gasteiger partial charge in [0.05, 0.1) is 18.6 Å². The van der Waals surface area contributed by atoms with Crippen LogP contribution in [0, 0.1) is 0 Å². The summed E-state index contributed by atoms with van der Waals surface area (Å²) >= 11 is 1.72. The van der Waals surface area contributed by atoms with Crippen molar-refractivity contribution in [1.82, 2.24) is 15.5 Å². The molecule has 0 amide bonds. The van der Waals surface area contributed by atoms with Crippen molar-refractivity contribution in [3.63, 3.8) is 0 Å². The van der Waals surface area contributed by atoms with Gasteiger partial charge in [0.15, 0.2) is 0 Å². The van der Waals surface area contributed by atoms with Crippen molar-refractivity contribution in [3.8, 4) is 5.75 Å². The van der Waals surface area contributed by atoms with Crippen LogP contribution >= 0.6 is 11.3 Å². The molecule has 4 nitrogen and oxygen atoms in total. The van der Waals surface area contributed by atoms with Crippen molar-refractivity contribution < 1.29 is 4.74 Å². The van der Waals surface area contributed by atoms with Crippen LogP contribution in [-0.4, -0.2) is 23.3 Å². The maximum Gasteiger partial charge on any atom is 0.134 e. The van der Waals surface area contributed by atoms with Gasteiger partial charge in [-0.15, -0.1) is 10.2 Å². The summed E-state index contributed by atoms with van der Waals surface area (Å²) in [7, 11) is 0. The molecule has 0 bridgehead atoms. The Labute approximate surface area is 129 Å². The summed E-state index contributed by atoms with van der Waals surface area (Å²) in [5, 5.41) is 14.4. The van der Waals surface area contributed by atoms with Crippen LogP contribution in [0.2, 0.25) is 0 Å². The lowest BCUT2D eigenvalue weighted by Gasteiger charge is -2.23. The molecule has 0 aliphatic carbocycles. The Bertz CT molecular complexity index is 599. The van der Waals surface area contributed by atoms with E-state index in [4.69, 9.17) is 4.74 Å². The Morgan fingerprint density at radius 1 is 1.33 bits per heavy atom. The van der Waals surface area contributed by atoms with Gasteiger partial charge in [0.1, 0.15) is 15.8 Å². The predicted molar refractivity (Wildman–Crippen MR) is 85.0 cm³/mol. The molecule has 2 unspecified atom stereocenters. The summed E-state index contributed by atoms with van der Waals surface area (Å²) in [6, 6.07) is 8.57. The number of hydrogen-bond donors (Lipinski definition) is 1. The molecule has 1 aliphatic rings. The van der Waals surface area contributed by atoms with Gasteiger partial charge in [-0.2, -0.15) is 0 Å². The zero-order valence-electron chi connectivity index (χ0n) is 12.5. The van der Waals surface area contributed by atoms with Crippen molar-refractivity contribution >= 4 is 11.3 Å². The van der Waals surface area contributed by atoms with Crippen molar-refractivity contribution in [2.45, 2.75) is 38.6 Å². The molecular formula is C16H21N3OS. The summed E-state index contributed by atoms with van der Waals surface area (Å²) in [4.78, 5) is 0. The van der Waals surface area contributed by atoms with Crippen LogP contribution in [0.25, 0.3) is 0 Å². The van der Waals surface area contributed by atoms with Crippen molar-refractivity contribution in [3.05, 3.63) is 39.8 Å². The fraction of sp³-hybridized carbons (Fsp3) is 0.500. The number of rotatable bonds is 5. The minimum absolute atomic E-state index is 0.318. The second-order valence-corrected chi connectivity index (χ2v) is 6.36. The first-order valence-electron chi connectivity index (χ1n) is 7.59. The third-order valence-electron chi connectivity index (χ3n) is 3.84. The zero-order valence-corrected chi connectivity index (χ0v) is 13.3. The molecule has 0 fully saturated rings. The van der Waals surface area contributed by atoms with Gasteiger partial charge in [-0.1, -0.05) is 43.4 Å². The van der Waals surface area contributed by atoms with Crippen LogP contribution < -0.4 is 10.1 Å². The topological polar surface area (TPSA) is 47.0 Å². The standard InChI is InChI=1S/C16H21N3OS/c1-3-13(17-4-2)16-19-18-15(21-16)12-9-11-7-5-6-8-14(11)20-10-12/h5-8,12-13,17H,3-4,9-10H2,1-2H3. The van der Waals surface area contributed by atoms with Crippen LogP contribution in [-0.2, 0) is 6.42 Å². The number of aromatic nitrogens is 2. The molecule has 1 aliphatic heterocycles. The normalized spacial score (nSPS) is 18.9. The van der Waals surface area contributed by atoms with Crippen molar-refractivity contribution in [2.24, 2.45) is 0 Å². The number of hydrogen-bond acceptors (Lipinski definition) is 5. The molecule has 3 rings (SSSR count). The second-order valence-electron chi connectivity index (χ2n) is 5.32. The van der Waals surface area contributed by atoms with Gasteiger partial charge in [0.25, 0.3) is 0 Å². The number of benzene rings is 1. The van der Waals surface area contributed by atoms with Crippen LogP contribution in [0.1, 0.15) is 47.8 Å². The summed E-state index contributed by atoms with van der Waals surface area (Å²) in [6.07, 6.45) is 2.02. The second kappa shape index (κ2) is 6.54. The van der Waals surface area contributed by atoms with E-state index in [-0.39, 0.29) is 0 Å². The minimum atomic E-state index is 0.318. The Kier molecular flexibility index (Phi) is 4.51. The van der Waals surface area contributed by atoms with E-state index in [9.17, 15) is 0 Å². The first-order chi connectivity index (χ1) is 10.3. The maximum absolute atomic E-state index is 5.86. The van der Waals surface area contributed by atoms with Crippen molar-refractivity contribution in [2.75, 3.05) is 13.2 Å². The molecule has 0 saturated carbocycles. The van der Waals surface area contributed by atoms with E-state index in [0.29, 0.717) is 18.6 Å². The van der Waals surface area contributed by atoms with Gasteiger partial charge < -0.3 is 10.1 Å². The highest BCUT2D eigenvalue weighted by atomic mass is 32.1. The molecule has 1 N–H and O–H groups in total. The Morgan fingerprint density at radius 3 is 3.00 bits per heavy atom. The molecule has 1 aromatic heterocycles.